The van der Waals surface area contributed by atoms with E-state index in [2.05, 4.69) is 23.1 Å². The zero-order valence-corrected chi connectivity index (χ0v) is 13.3. The molecule has 0 spiro atoms. The van der Waals surface area contributed by atoms with Crippen molar-refractivity contribution in [1.29, 1.82) is 5.26 Å². The van der Waals surface area contributed by atoms with Gasteiger partial charge in [-0.05, 0) is 48.4 Å². The van der Waals surface area contributed by atoms with Crippen LogP contribution in [0.3, 0.4) is 0 Å². The van der Waals surface area contributed by atoms with Gasteiger partial charge in [-0.3, -0.25) is 4.90 Å². The van der Waals surface area contributed by atoms with E-state index in [0.29, 0.717) is 12.1 Å². The van der Waals surface area contributed by atoms with Gasteiger partial charge >= 0.3 is 0 Å². The minimum atomic E-state index is 0.685. The minimum absolute atomic E-state index is 0.685. The van der Waals surface area contributed by atoms with Crippen molar-refractivity contribution in [3.63, 3.8) is 0 Å². The molecule has 2 aromatic rings. The maximum absolute atomic E-state index is 8.86. The molecule has 2 N–H and O–H groups in total. The van der Waals surface area contributed by atoms with E-state index in [-0.39, 0.29) is 0 Å². The molecule has 0 unspecified atom stereocenters. The van der Waals surface area contributed by atoms with Crippen molar-refractivity contribution in [1.82, 2.24) is 4.90 Å². The van der Waals surface area contributed by atoms with Gasteiger partial charge < -0.3 is 5.73 Å². The Morgan fingerprint density at radius 1 is 0.955 bits per heavy atom. The molecular weight excluding hydrogens is 294 g/mol. The number of halogens is 1. The fourth-order valence-corrected chi connectivity index (χ4v) is 2.45. The predicted octanol–water partition coefficient (Wildman–Crippen LogP) is 3.56. The largest absolute Gasteiger partial charge is 0.330 e. The summed E-state index contributed by atoms with van der Waals surface area (Å²) in [5.74, 6) is 0. The average molecular weight is 314 g/mol. The summed E-state index contributed by atoms with van der Waals surface area (Å²) in [6, 6.07) is 17.8. The Balaban J connectivity index is 2.04. The number of nitrogens with two attached hydrogens (primary N) is 1. The third-order valence-corrected chi connectivity index (χ3v) is 3.74. The second-order valence-electron chi connectivity index (χ2n) is 5.29. The first-order valence-electron chi connectivity index (χ1n) is 7.37. The highest BCUT2D eigenvalue weighted by Gasteiger charge is 2.07. The predicted molar refractivity (Wildman–Crippen MR) is 90.4 cm³/mol. The van der Waals surface area contributed by atoms with Gasteiger partial charge in [0.05, 0.1) is 11.6 Å². The van der Waals surface area contributed by atoms with Crippen LogP contribution in [0.5, 0.6) is 0 Å². The van der Waals surface area contributed by atoms with Gasteiger partial charge in [0.15, 0.2) is 0 Å². The molecule has 0 bridgehead atoms. The molecule has 0 amide bonds. The van der Waals surface area contributed by atoms with Crippen molar-refractivity contribution >= 4 is 11.6 Å². The molecule has 0 fully saturated rings. The first-order chi connectivity index (χ1) is 10.7. The lowest BCUT2D eigenvalue weighted by atomic mass is 10.1. The van der Waals surface area contributed by atoms with Gasteiger partial charge in [-0.15, -0.1) is 0 Å². The summed E-state index contributed by atoms with van der Waals surface area (Å²) in [5.41, 5.74) is 8.76. The Labute approximate surface area is 136 Å². The number of benzene rings is 2. The zero-order chi connectivity index (χ0) is 15.8. The Kier molecular flexibility index (Phi) is 6.42. The van der Waals surface area contributed by atoms with Gasteiger partial charge in [-0.2, -0.15) is 5.26 Å². The molecule has 0 atom stereocenters. The topological polar surface area (TPSA) is 53.0 Å². The number of nitriles is 1. The third-order valence-electron chi connectivity index (χ3n) is 3.49. The molecule has 0 saturated heterocycles. The van der Waals surface area contributed by atoms with Gasteiger partial charge in [-0.25, -0.2) is 0 Å². The minimum Gasteiger partial charge on any atom is -0.330 e. The van der Waals surface area contributed by atoms with Crippen LogP contribution in [-0.4, -0.2) is 18.0 Å². The summed E-state index contributed by atoms with van der Waals surface area (Å²) >= 11 is 5.93. The molecule has 22 heavy (non-hydrogen) atoms. The lowest BCUT2D eigenvalue weighted by molar-refractivity contribution is 0.255. The second-order valence-corrected chi connectivity index (χ2v) is 5.72. The Hall–Kier alpha value is -1.86. The molecule has 0 radical (unpaired) electrons. The van der Waals surface area contributed by atoms with E-state index in [0.717, 1.165) is 31.1 Å². The Morgan fingerprint density at radius 3 is 2.00 bits per heavy atom. The Bertz CT molecular complexity index is 614. The van der Waals surface area contributed by atoms with E-state index in [1.54, 1.807) is 0 Å². The van der Waals surface area contributed by atoms with Crippen LogP contribution in [0.15, 0.2) is 48.5 Å². The fourth-order valence-electron chi connectivity index (χ4n) is 2.32. The quantitative estimate of drug-likeness (QED) is 0.850. The standard InChI is InChI=1S/C18H20ClN3/c19-18-8-6-17(7-9-18)14-22(11-1-10-20)13-16-4-2-15(12-21)3-5-16/h2-9H,1,10-11,13-14,20H2. The number of hydrogen-bond acceptors (Lipinski definition) is 3. The van der Waals surface area contributed by atoms with Gasteiger partial charge in [0.1, 0.15) is 0 Å². The summed E-state index contributed by atoms with van der Waals surface area (Å²) in [6.07, 6.45) is 0.962. The van der Waals surface area contributed by atoms with Crippen molar-refractivity contribution in [2.75, 3.05) is 13.1 Å². The lowest BCUT2D eigenvalue weighted by Crippen LogP contribution is -2.25. The summed E-state index contributed by atoms with van der Waals surface area (Å²) in [5, 5.41) is 9.61. The van der Waals surface area contributed by atoms with Gasteiger partial charge in [-0.1, -0.05) is 35.9 Å². The number of hydrogen-bond donors (Lipinski definition) is 1. The maximum Gasteiger partial charge on any atom is 0.0991 e. The summed E-state index contributed by atoms with van der Waals surface area (Å²) in [7, 11) is 0. The zero-order valence-electron chi connectivity index (χ0n) is 12.5. The summed E-state index contributed by atoms with van der Waals surface area (Å²) < 4.78 is 0. The van der Waals surface area contributed by atoms with Crippen molar-refractivity contribution in [2.45, 2.75) is 19.5 Å². The fraction of sp³-hybridized carbons (Fsp3) is 0.278. The lowest BCUT2D eigenvalue weighted by Gasteiger charge is -2.22. The Morgan fingerprint density at radius 2 is 1.50 bits per heavy atom. The summed E-state index contributed by atoms with van der Waals surface area (Å²) in [4.78, 5) is 2.36. The second kappa shape index (κ2) is 8.55. The normalized spacial score (nSPS) is 10.6. The van der Waals surface area contributed by atoms with Crippen molar-refractivity contribution in [3.8, 4) is 6.07 Å². The maximum atomic E-state index is 8.86. The molecule has 3 nitrogen and oxygen atoms in total. The van der Waals surface area contributed by atoms with E-state index in [9.17, 15) is 0 Å². The molecule has 2 rings (SSSR count). The molecule has 114 valence electrons. The molecule has 0 aromatic heterocycles. The molecule has 0 aliphatic carbocycles. The van der Waals surface area contributed by atoms with Crippen LogP contribution in [0.1, 0.15) is 23.1 Å². The molecule has 0 aliphatic rings. The number of nitrogens with zero attached hydrogens (tertiary/aromatic N) is 2. The van der Waals surface area contributed by atoms with Gasteiger partial charge in [0, 0.05) is 24.7 Å². The molecule has 4 heteroatoms. The van der Waals surface area contributed by atoms with Crippen LogP contribution < -0.4 is 5.73 Å². The van der Waals surface area contributed by atoms with E-state index >= 15 is 0 Å². The van der Waals surface area contributed by atoms with Crippen LogP contribution in [0.2, 0.25) is 5.02 Å². The van der Waals surface area contributed by atoms with Crippen molar-refractivity contribution in [3.05, 3.63) is 70.2 Å². The SMILES string of the molecule is N#Cc1ccc(CN(CCCN)Cc2ccc(Cl)cc2)cc1. The molecule has 0 aliphatic heterocycles. The van der Waals surface area contributed by atoms with E-state index in [1.807, 2.05) is 36.4 Å². The molecule has 2 aromatic carbocycles. The van der Waals surface area contributed by atoms with Crippen LogP contribution in [0, 0.1) is 11.3 Å². The van der Waals surface area contributed by atoms with E-state index < -0.39 is 0 Å². The van der Waals surface area contributed by atoms with Crippen LogP contribution in [0.25, 0.3) is 0 Å². The van der Waals surface area contributed by atoms with Crippen LogP contribution in [-0.2, 0) is 13.1 Å². The highest BCUT2D eigenvalue weighted by molar-refractivity contribution is 6.30. The monoisotopic (exact) mass is 313 g/mol. The van der Waals surface area contributed by atoms with E-state index in [1.165, 1.54) is 11.1 Å². The molecule has 0 heterocycles. The number of rotatable bonds is 7. The summed E-state index contributed by atoms with van der Waals surface area (Å²) in [6.45, 7) is 3.33. The highest BCUT2D eigenvalue weighted by Crippen LogP contribution is 2.14. The molecular formula is C18H20ClN3. The first-order valence-corrected chi connectivity index (χ1v) is 7.75. The van der Waals surface area contributed by atoms with Gasteiger partial charge in [0.2, 0.25) is 0 Å². The third kappa shape index (κ3) is 5.16. The average Bonchev–Trinajstić information content (AvgIpc) is 2.55. The van der Waals surface area contributed by atoms with Crippen LogP contribution in [0.4, 0.5) is 0 Å². The van der Waals surface area contributed by atoms with Crippen molar-refractivity contribution < 1.29 is 0 Å². The molecule has 0 saturated carbocycles. The van der Waals surface area contributed by atoms with Gasteiger partial charge in [0.25, 0.3) is 0 Å². The van der Waals surface area contributed by atoms with E-state index in [4.69, 9.17) is 22.6 Å². The van der Waals surface area contributed by atoms with Crippen molar-refractivity contribution in [2.24, 2.45) is 5.73 Å². The first kappa shape index (κ1) is 16.5. The van der Waals surface area contributed by atoms with Crippen LogP contribution >= 0.6 is 11.6 Å². The smallest absolute Gasteiger partial charge is 0.0991 e. The highest BCUT2D eigenvalue weighted by atomic mass is 35.5.